The predicted molar refractivity (Wildman–Crippen MR) is 114 cm³/mol. The Labute approximate surface area is 183 Å². The van der Waals surface area contributed by atoms with Gasteiger partial charge in [-0.15, -0.1) is 0 Å². The third-order valence-corrected chi connectivity index (χ3v) is 5.49. The summed E-state index contributed by atoms with van der Waals surface area (Å²) >= 11 is 6.20. The number of anilines is 2. The van der Waals surface area contributed by atoms with Gasteiger partial charge >= 0.3 is 0 Å². The zero-order chi connectivity index (χ0) is 22.1. The molecular weight excluding hydrogens is 422 g/mol. The van der Waals surface area contributed by atoms with Gasteiger partial charge < -0.3 is 15.4 Å². The summed E-state index contributed by atoms with van der Waals surface area (Å²) < 4.78 is 5.53. The van der Waals surface area contributed by atoms with Crippen LogP contribution in [0.5, 0.6) is 0 Å². The second kappa shape index (κ2) is 8.49. The first kappa shape index (κ1) is 21.0. The second-order valence-electron chi connectivity index (χ2n) is 7.45. The molecule has 0 radical (unpaired) electrons. The first-order valence-corrected chi connectivity index (χ1v) is 10.2. The molecule has 0 saturated carbocycles. The number of nitrogens with one attached hydrogen (secondary N) is 2. The van der Waals surface area contributed by atoms with E-state index >= 15 is 0 Å². The van der Waals surface area contributed by atoms with Crippen LogP contribution < -0.4 is 10.6 Å². The number of halogens is 1. The Balaban J connectivity index is 1.50. The molecule has 2 aromatic rings. The topological polar surface area (TPSA) is 105 Å². The van der Waals surface area contributed by atoms with Crippen molar-refractivity contribution in [1.29, 1.82) is 0 Å². The van der Waals surface area contributed by atoms with Crippen LogP contribution in [0.15, 0.2) is 36.4 Å². The average Bonchev–Trinajstić information content (AvgIpc) is 3.32. The molecule has 0 aromatic heterocycles. The Hall–Kier alpha value is -3.23. The molecule has 4 amide bonds. The number of fused-ring (bicyclic) bond motifs is 1. The van der Waals surface area contributed by atoms with Crippen LogP contribution >= 0.6 is 11.6 Å². The molecule has 1 saturated heterocycles. The number of nitrogens with zero attached hydrogens (tertiary/aromatic N) is 1. The van der Waals surface area contributed by atoms with E-state index < -0.39 is 11.8 Å². The number of benzene rings is 2. The molecule has 4 rings (SSSR count). The number of rotatable bonds is 5. The highest BCUT2D eigenvalue weighted by Gasteiger charge is 2.38. The van der Waals surface area contributed by atoms with E-state index in [1.807, 2.05) is 0 Å². The Morgan fingerprint density at radius 2 is 1.87 bits per heavy atom. The molecule has 31 heavy (non-hydrogen) atoms. The van der Waals surface area contributed by atoms with Gasteiger partial charge in [-0.3, -0.25) is 24.1 Å². The monoisotopic (exact) mass is 441 g/mol. The SMILES string of the molecule is CC(=O)Nc1ccc(NC(=O)c2ccc3c(c2)C(=O)N(CC2CCCO2)C3=O)c(Cl)c1. The molecule has 2 aromatic carbocycles. The summed E-state index contributed by atoms with van der Waals surface area (Å²) in [6.07, 6.45) is 1.57. The Morgan fingerprint density at radius 1 is 1.10 bits per heavy atom. The van der Waals surface area contributed by atoms with E-state index in [0.717, 1.165) is 12.8 Å². The minimum absolute atomic E-state index is 0.146. The van der Waals surface area contributed by atoms with Gasteiger partial charge in [-0.1, -0.05) is 11.6 Å². The van der Waals surface area contributed by atoms with Crippen molar-refractivity contribution in [3.63, 3.8) is 0 Å². The first-order valence-electron chi connectivity index (χ1n) is 9.84. The lowest BCUT2D eigenvalue weighted by Gasteiger charge is -2.17. The predicted octanol–water partition coefficient (Wildman–Crippen LogP) is 3.33. The number of hydrogen-bond donors (Lipinski definition) is 2. The van der Waals surface area contributed by atoms with Gasteiger partial charge in [-0.25, -0.2) is 0 Å². The third kappa shape index (κ3) is 4.30. The third-order valence-electron chi connectivity index (χ3n) is 5.18. The van der Waals surface area contributed by atoms with Crippen LogP contribution in [0.2, 0.25) is 5.02 Å². The average molecular weight is 442 g/mol. The maximum absolute atomic E-state index is 12.8. The molecule has 1 unspecified atom stereocenters. The van der Waals surface area contributed by atoms with E-state index in [2.05, 4.69) is 10.6 Å². The molecule has 8 nitrogen and oxygen atoms in total. The maximum atomic E-state index is 12.8. The largest absolute Gasteiger partial charge is 0.376 e. The number of hydrogen-bond acceptors (Lipinski definition) is 5. The summed E-state index contributed by atoms with van der Waals surface area (Å²) in [4.78, 5) is 50.4. The molecule has 0 aliphatic carbocycles. The van der Waals surface area contributed by atoms with Crippen LogP contribution in [0.3, 0.4) is 0 Å². The van der Waals surface area contributed by atoms with Crippen LogP contribution in [-0.2, 0) is 9.53 Å². The van der Waals surface area contributed by atoms with Gasteiger partial charge in [0.1, 0.15) is 0 Å². The highest BCUT2D eigenvalue weighted by atomic mass is 35.5. The summed E-state index contributed by atoms with van der Waals surface area (Å²) in [5.41, 5.74) is 1.55. The normalized spacial score (nSPS) is 17.6. The molecule has 9 heteroatoms. The number of amides is 4. The van der Waals surface area contributed by atoms with Crippen molar-refractivity contribution in [2.75, 3.05) is 23.8 Å². The molecule has 0 spiro atoms. The van der Waals surface area contributed by atoms with Gasteiger partial charge in [0.25, 0.3) is 17.7 Å². The molecule has 2 heterocycles. The van der Waals surface area contributed by atoms with Crippen LogP contribution in [0.1, 0.15) is 50.8 Å². The van der Waals surface area contributed by atoms with Gasteiger partial charge in [-0.05, 0) is 49.2 Å². The Morgan fingerprint density at radius 3 is 2.55 bits per heavy atom. The first-order chi connectivity index (χ1) is 14.8. The van der Waals surface area contributed by atoms with E-state index in [1.165, 1.54) is 36.1 Å². The summed E-state index contributed by atoms with van der Waals surface area (Å²) in [6.45, 7) is 2.22. The number of imide groups is 1. The second-order valence-corrected chi connectivity index (χ2v) is 7.85. The van der Waals surface area contributed by atoms with Crippen LogP contribution in [0, 0.1) is 0 Å². The van der Waals surface area contributed by atoms with Crippen molar-refractivity contribution in [2.45, 2.75) is 25.9 Å². The van der Waals surface area contributed by atoms with Gasteiger partial charge in [0.05, 0.1) is 34.5 Å². The number of carbonyl (C=O) groups excluding carboxylic acids is 4. The number of ether oxygens (including phenoxy) is 1. The molecule has 2 N–H and O–H groups in total. The summed E-state index contributed by atoms with van der Waals surface area (Å²) in [5.74, 6) is -1.52. The number of carbonyl (C=O) groups is 4. The van der Waals surface area contributed by atoms with Crippen LogP contribution in [0.25, 0.3) is 0 Å². The maximum Gasteiger partial charge on any atom is 0.261 e. The van der Waals surface area contributed by atoms with Crippen molar-refractivity contribution in [3.8, 4) is 0 Å². The van der Waals surface area contributed by atoms with Crippen molar-refractivity contribution < 1.29 is 23.9 Å². The molecule has 160 valence electrons. The highest BCUT2D eigenvalue weighted by molar-refractivity contribution is 6.34. The fourth-order valence-electron chi connectivity index (χ4n) is 3.68. The Bertz CT molecular complexity index is 1090. The van der Waals surface area contributed by atoms with Gasteiger partial charge in [-0.2, -0.15) is 0 Å². The molecule has 2 aliphatic rings. The van der Waals surface area contributed by atoms with Gasteiger partial charge in [0.2, 0.25) is 5.91 Å². The molecule has 1 fully saturated rings. The minimum Gasteiger partial charge on any atom is -0.376 e. The summed E-state index contributed by atoms with van der Waals surface area (Å²) in [7, 11) is 0. The van der Waals surface area contributed by atoms with E-state index in [-0.39, 0.29) is 46.2 Å². The van der Waals surface area contributed by atoms with E-state index in [9.17, 15) is 19.2 Å². The van der Waals surface area contributed by atoms with Crippen molar-refractivity contribution in [3.05, 3.63) is 58.1 Å². The lowest BCUT2D eigenvalue weighted by atomic mass is 10.1. The van der Waals surface area contributed by atoms with Crippen molar-refractivity contribution >= 4 is 46.6 Å². The Kier molecular flexibility index (Phi) is 5.75. The zero-order valence-electron chi connectivity index (χ0n) is 16.7. The highest BCUT2D eigenvalue weighted by Crippen LogP contribution is 2.28. The van der Waals surface area contributed by atoms with E-state index in [0.29, 0.717) is 18.0 Å². The molecule has 1 atom stereocenters. The van der Waals surface area contributed by atoms with Gasteiger partial charge in [0.15, 0.2) is 0 Å². The molecular formula is C22H20ClN3O5. The fraction of sp³-hybridized carbons (Fsp3) is 0.273. The van der Waals surface area contributed by atoms with E-state index in [1.54, 1.807) is 12.1 Å². The zero-order valence-corrected chi connectivity index (χ0v) is 17.5. The fourth-order valence-corrected chi connectivity index (χ4v) is 3.91. The molecule has 0 bridgehead atoms. The lowest BCUT2D eigenvalue weighted by Crippen LogP contribution is -2.36. The van der Waals surface area contributed by atoms with Gasteiger partial charge in [0, 0.05) is 24.8 Å². The summed E-state index contributed by atoms with van der Waals surface area (Å²) in [6, 6.07) is 9.09. The summed E-state index contributed by atoms with van der Waals surface area (Å²) in [5, 5.41) is 5.53. The van der Waals surface area contributed by atoms with Crippen LogP contribution in [0.4, 0.5) is 11.4 Å². The van der Waals surface area contributed by atoms with Crippen molar-refractivity contribution in [1.82, 2.24) is 4.90 Å². The standard InChI is InChI=1S/C22H20ClN3O5/c1-12(27)24-14-5-7-19(18(23)10-14)25-20(28)13-4-6-16-17(9-13)22(30)26(21(16)29)11-15-3-2-8-31-15/h4-7,9-10,15H,2-3,8,11H2,1H3,(H,24,27)(H,25,28). The van der Waals surface area contributed by atoms with E-state index in [4.69, 9.17) is 16.3 Å². The van der Waals surface area contributed by atoms with Crippen LogP contribution in [-0.4, -0.2) is 47.8 Å². The smallest absolute Gasteiger partial charge is 0.261 e. The van der Waals surface area contributed by atoms with Crippen molar-refractivity contribution in [2.24, 2.45) is 0 Å². The lowest BCUT2D eigenvalue weighted by molar-refractivity contribution is -0.114. The quantitative estimate of drug-likeness (QED) is 0.692. The molecule has 2 aliphatic heterocycles. The minimum atomic E-state index is -0.477.